The molecule has 4 rings (SSSR count). The quantitative estimate of drug-likeness (QED) is 0.564. The highest BCUT2D eigenvalue weighted by Crippen LogP contribution is 2.24. The molecule has 3 aromatic carbocycles. The Morgan fingerprint density at radius 1 is 0.935 bits per heavy atom. The number of anilines is 1. The van der Waals surface area contributed by atoms with Gasteiger partial charge in [0.25, 0.3) is 0 Å². The molecule has 7 heteroatoms. The number of rotatable bonds is 6. The van der Waals surface area contributed by atoms with Gasteiger partial charge in [0.05, 0.1) is 0 Å². The standard InChI is InChI=1S/C24H23F2N3O2/c1-16(23-21(25)8-5-9-22(23)26)27-18-14-29(15-18)24(30)28-17-10-12-20(13-11-17)31-19-6-3-2-4-7-19/h2-13,16,18,27H,14-15H2,1H3,(H,28,30). The van der Waals surface area contributed by atoms with Crippen molar-refractivity contribution in [3.63, 3.8) is 0 Å². The number of ether oxygens (including phenoxy) is 1. The number of hydrogen-bond acceptors (Lipinski definition) is 3. The Morgan fingerprint density at radius 3 is 2.19 bits per heavy atom. The number of para-hydroxylation sites is 1. The van der Waals surface area contributed by atoms with Gasteiger partial charge in [-0.2, -0.15) is 0 Å². The molecule has 0 spiro atoms. The van der Waals surface area contributed by atoms with Crippen LogP contribution in [-0.4, -0.2) is 30.1 Å². The Hall–Kier alpha value is -3.45. The van der Waals surface area contributed by atoms with Gasteiger partial charge in [0.2, 0.25) is 0 Å². The van der Waals surface area contributed by atoms with E-state index in [0.29, 0.717) is 24.5 Å². The van der Waals surface area contributed by atoms with Crippen LogP contribution in [0.25, 0.3) is 0 Å². The fraction of sp³-hybridized carbons (Fsp3) is 0.208. The van der Waals surface area contributed by atoms with Crippen molar-refractivity contribution in [1.29, 1.82) is 0 Å². The smallest absolute Gasteiger partial charge is 0.321 e. The lowest BCUT2D eigenvalue weighted by Crippen LogP contribution is -2.61. The Balaban J connectivity index is 1.25. The van der Waals surface area contributed by atoms with Crippen LogP contribution in [0, 0.1) is 11.6 Å². The lowest BCUT2D eigenvalue weighted by molar-refractivity contribution is 0.143. The van der Waals surface area contributed by atoms with Gasteiger partial charge >= 0.3 is 6.03 Å². The molecule has 1 fully saturated rings. The van der Waals surface area contributed by atoms with Crippen LogP contribution in [0.5, 0.6) is 11.5 Å². The van der Waals surface area contributed by atoms with E-state index in [1.165, 1.54) is 18.2 Å². The minimum absolute atomic E-state index is 0.0169. The number of likely N-dealkylation sites (tertiary alicyclic amines) is 1. The molecule has 160 valence electrons. The summed E-state index contributed by atoms with van der Waals surface area (Å²) in [6.07, 6.45) is 0. The number of carbonyl (C=O) groups excluding carboxylic acids is 1. The van der Waals surface area contributed by atoms with Crippen molar-refractivity contribution in [3.8, 4) is 11.5 Å². The van der Waals surface area contributed by atoms with Gasteiger partial charge in [-0.05, 0) is 55.5 Å². The van der Waals surface area contributed by atoms with Gasteiger partial charge in [-0.15, -0.1) is 0 Å². The molecule has 2 N–H and O–H groups in total. The fourth-order valence-corrected chi connectivity index (χ4v) is 3.54. The Morgan fingerprint density at radius 2 is 1.55 bits per heavy atom. The summed E-state index contributed by atoms with van der Waals surface area (Å²) in [5, 5.41) is 6.02. The van der Waals surface area contributed by atoms with E-state index < -0.39 is 17.7 Å². The highest BCUT2D eigenvalue weighted by Gasteiger charge is 2.32. The molecule has 1 atom stereocenters. The summed E-state index contributed by atoms with van der Waals surface area (Å²) >= 11 is 0. The van der Waals surface area contributed by atoms with Crippen molar-refractivity contribution in [3.05, 3.63) is 90.0 Å². The summed E-state index contributed by atoms with van der Waals surface area (Å²) in [6.45, 7) is 2.63. The molecular weight excluding hydrogens is 400 g/mol. The molecule has 0 bridgehead atoms. The number of nitrogens with zero attached hydrogens (tertiary/aromatic N) is 1. The number of urea groups is 1. The predicted octanol–water partition coefficient (Wildman–Crippen LogP) is 5.32. The molecular formula is C24H23F2N3O2. The van der Waals surface area contributed by atoms with E-state index >= 15 is 0 Å². The lowest BCUT2D eigenvalue weighted by Gasteiger charge is -2.41. The summed E-state index contributed by atoms with van der Waals surface area (Å²) in [7, 11) is 0. The van der Waals surface area contributed by atoms with Crippen molar-refractivity contribution in [2.45, 2.75) is 19.0 Å². The highest BCUT2D eigenvalue weighted by atomic mass is 19.1. The maximum absolute atomic E-state index is 13.9. The maximum Gasteiger partial charge on any atom is 0.321 e. The minimum Gasteiger partial charge on any atom is -0.457 e. The number of amides is 2. The van der Waals surface area contributed by atoms with Gasteiger partial charge < -0.3 is 20.3 Å². The summed E-state index contributed by atoms with van der Waals surface area (Å²) < 4.78 is 33.6. The molecule has 0 saturated carbocycles. The Labute approximate surface area is 179 Å². The van der Waals surface area contributed by atoms with Crippen LogP contribution in [0.1, 0.15) is 18.5 Å². The van der Waals surface area contributed by atoms with E-state index in [1.807, 2.05) is 30.3 Å². The van der Waals surface area contributed by atoms with Crippen molar-refractivity contribution >= 4 is 11.7 Å². The Bertz CT molecular complexity index is 1020. The molecule has 3 aromatic rings. The molecule has 1 aliphatic heterocycles. The average Bonchev–Trinajstić information content (AvgIpc) is 2.72. The molecule has 0 aromatic heterocycles. The first-order chi connectivity index (χ1) is 15.0. The third-order valence-electron chi connectivity index (χ3n) is 5.17. The first-order valence-electron chi connectivity index (χ1n) is 10.1. The third kappa shape index (κ3) is 5.00. The number of halogens is 2. The second-order valence-electron chi connectivity index (χ2n) is 7.50. The second-order valence-corrected chi connectivity index (χ2v) is 7.50. The van der Waals surface area contributed by atoms with Gasteiger partial charge in [-0.3, -0.25) is 0 Å². The van der Waals surface area contributed by atoms with Gasteiger partial charge in [-0.1, -0.05) is 24.3 Å². The van der Waals surface area contributed by atoms with Crippen LogP contribution in [0.15, 0.2) is 72.8 Å². The zero-order valence-electron chi connectivity index (χ0n) is 17.0. The first kappa shape index (κ1) is 20.8. The van der Waals surface area contributed by atoms with E-state index in [9.17, 15) is 13.6 Å². The molecule has 1 saturated heterocycles. The summed E-state index contributed by atoms with van der Waals surface area (Å²) in [6, 6.07) is 19.6. The van der Waals surface area contributed by atoms with Crippen LogP contribution in [0.2, 0.25) is 0 Å². The second kappa shape index (κ2) is 9.14. The molecule has 2 amide bonds. The SMILES string of the molecule is CC(NC1CN(C(=O)Nc2ccc(Oc3ccccc3)cc2)C1)c1c(F)cccc1F. The Kier molecular flexibility index (Phi) is 6.13. The topological polar surface area (TPSA) is 53.6 Å². The van der Waals surface area contributed by atoms with Gasteiger partial charge in [0, 0.05) is 36.4 Å². The van der Waals surface area contributed by atoms with Gasteiger partial charge in [-0.25, -0.2) is 13.6 Å². The normalized spacial score (nSPS) is 14.6. The summed E-state index contributed by atoms with van der Waals surface area (Å²) in [5.74, 6) is 0.261. The van der Waals surface area contributed by atoms with Gasteiger partial charge in [0.15, 0.2) is 0 Å². The zero-order valence-corrected chi connectivity index (χ0v) is 17.0. The van der Waals surface area contributed by atoms with Crippen LogP contribution in [0.3, 0.4) is 0 Å². The van der Waals surface area contributed by atoms with E-state index in [1.54, 1.807) is 36.1 Å². The maximum atomic E-state index is 13.9. The predicted molar refractivity (Wildman–Crippen MR) is 115 cm³/mol. The van der Waals surface area contributed by atoms with Crippen molar-refractivity contribution in [2.24, 2.45) is 0 Å². The number of nitrogens with one attached hydrogen (secondary N) is 2. The van der Waals surface area contributed by atoms with Crippen LogP contribution in [-0.2, 0) is 0 Å². The monoisotopic (exact) mass is 423 g/mol. The van der Waals surface area contributed by atoms with E-state index in [2.05, 4.69) is 10.6 Å². The number of benzene rings is 3. The number of carbonyl (C=O) groups is 1. The number of hydrogen-bond donors (Lipinski definition) is 2. The molecule has 5 nitrogen and oxygen atoms in total. The zero-order chi connectivity index (χ0) is 21.8. The molecule has 1 unspecified atom stereocenters. The average molecular weight is 423 g/mol. The van der Waals surface area contributed by atoms with Crippen LogP contribution >= 0.6 is 0 Å². The van der Waals surface area contributed by atoms with Crippen molar-refractivity contribution < 1.29 is 18.3 Å². The molecule has 0 radical (unpaired) electrons. The van der Waals surface area contributed by atoms with Crippen LogP contribution < -0.4 is 15.4 Å². The van der Waals surface area contributed by atoms with E-state index in [4.69, 9.17) is 4.74 Å². The molecule has 31 heavy (non-hydrogen) atoms. The van der Waals surface area contributed by atoms with E-state index in [-0.39, 0.29) is 17.6 Å². The first-order valence-corrected chi connectivity index (χ1v) is 10.1. The van der Waals surface area contributed by atoms with Gasteiger partial charge in [0.1, 0.15) is 23.1 Å². The van der Waals surface area contributed by atoms with E-state index in [0.717, 1.165) is 5.75 Å². The minimum atomic E-state index is -0.575. The molecule has 0 aliphatic carbocycles. The van der Waals surface area contributed by atoms with Crippen molar-refractivity contribution in [1.82, 2.24) is 10.2 Å². The van der Waals surface area contributed by atoms with Crippen molar-refractivity contribution in [2.75, 3.05) is 18.4 Å². The van der Waals surface area contributed by atoms with Crippen LogP contribution in [0.4, 0.5) is 19.3 Å². The largest absolute Gasteiger partial charge is 0.457 e. The summed E-state index contributed by atoms with van der Waals surface area (Å²) in [4.78, 5) is 14.1. The highest BCUT2D eigenvalue weighted by molar-refractivity contribution is 5.90. The third-order valence-corrected chi connectivity index (χ3v) is 5.17. The summed E-state index contributed by atoms with van der Waals surface area (Å²) in [5.41, 5.74) is 0.673. The molecule has 1 aliphatic rings. The molecule has 1 heterocycles. The fourth-order valence-electron chi connectivity index (χ4n) is 3.54. The lowest BCUT2D eigenvalue weighted by atomic mass is 10.0.